The Morgan fingerprint density at radius 2 is 2.00 bits per heavy atom. The zero-order valence-corrected chi connectivity index (χ0v) is 11.5. The first-order valence-corrected chi connectivity index (χ1v) is 6.65. The number of halogens is 2. The first-order chi connectivity index (χ1) is 9.40. The summed E-state index contributed by atoms with van der Waals surface area (Å²) in [5, 5.41) is 2.60. The van der Waals surface area contributed by atoms with Crippen molar-refractivity contribution in [3.05, 3.63) is 35.4 Å². The van der Waals surface area contributed by atoms with Crippen LogP contribution < -0.4 is 5.32 Å². The first-order valence-electron chi connectivity index (χ1n) is 6.65. The highest BCUT2D eigenvalue weighted by Gasteiger charge is 2.44. The number of Topliss-reactive ketones (excluding diaryl/α,β-unsaturated/α-hetero) is 1. The van der Waals surface area contributed by atoms with Gasteiger partial charge in [-0.3, -0.25) is 9.59 Å². The SMILES string of the molecule is CC(C)C(=O)CNC(=O)[C@@H]1C[C@@H]1c1ccc(F)c(F)c1. The average Bonchev–Trinajstić information content (AvgIpc) is 3.19. The fourth-order valence-corrected chi connectivity index (χ4v) is 2.11. The van der Waals surface area contributed by atoms with Gasteiger partial charge in [0.15, 0.2) is 17.4 Å². The molecule has 0 saturated heterocycles. The summed E-state index contributed by atoms with van der Waals surface area (Å²) in [6.45, 7) is 3.57. The third-order valence-corrected chi connectivity index (χ3v) is 3.58. The molecule has 1 fully saturated rings. The van der Waals surface area contributed by atoms with E-state index in [-0.39, 0.29) is 36.0 Å². The van der Waals surface area contributed by atoms with E-state index in [2.05, 4.69) is 5.32 Å². The summed E-state index contributed by atoms with van der Waals surface area (Å²) in [7, 11) is 0. The quantitative estimate of drug-likeness (QED) is 0.901. The number of nitrogens with one attached hydrogen (secondary N) is 1. The van der Waals surface area contributed by atoms with E-state index in [0.29, 0.717) is 12.0 Å². The molecule has 20 heavy (non-hydrogen) atoms. The molecule has 2 rings (SSSR count). The Morgan fingerprint density at radius 1 is 1.30 bits per heavy atom. The zero-order chi connectivity index (χ0) is 14.9. The van der Waals surface area contributed by atoms with E-state index in [0.717, 1.165) is 12.1 Å². The van der Waals surface area contributed by atoms with Crippen LogP contribution in [0.2, 0.25) is 0 Å². The molecule has 2 atom stereocenters. The number of hydrogen-bond donors (Lipinski definition) is 1. The lowest BCUT2D eigenvalue weighted by atomic mass is 10.1. The second kappa shape index (κ2) is 5.69. The van der Waals surface area contributed by atoms with Gasteiger partial charge in [-0.15, -0.1) is 0 Å². The molecule has 1 aliphatic carbocycles. The summed E-state index contributed by atoms with van der Waals surface area (Å²) in [5.41, 5.74) is 0.624. The second-order valence-corrected chi connectivity index (χ2v) is 5.46. The zero-order valence-electron chi connectivity index (χ0n) is 11.5. The smallest absolute Gasteiger partial charge is 0.224 e. The molecule has 108 valence electrons. The standard InChI is InChI=1S/C15H17F2NO2/c1-8(2)14(19)7-18-15(20)11-6-10(11)9-3-4-12(16)13(17)5-9/h3-5,8,10-11H,6-7H2,1-2H3,(H,18,20)/t10-,11-/m1/s1. The molecule has 3 nitrogen and oxygen atoms in total. The molecule has 5 heteroatoms. The van der Waals surface area contributed by atoms with Gasteiger partial charge in [0.25, 0.3) is 0 Å². The Hall–Kier alpha value is -1.78. The van der Waals surface area contributed by atoms with E-state index in [1.54, 1.807) is 13.8 Å². The number of benzene rings is 1. The largest absolute Gasteiger partial charge is 0.349 e. The van der Waals surface area contributed by atoms with E-state index in [9.17, 15) is 18.4 Å². The van der Waals surface area contributed by atoms with Gasteiger partial charge >= 0.3 is 0 Å². The van der Waals surface area contributed by atoms with Crippen molar-refractivity contribution in [3.63, 3.8) is 0 Å². The van der Waals surface area contributed by atoms with Crippen molar-refractivity contribution >= 4 is 11.7 Å². The van der Waals surface area contributed by atoms with E-state index in [4.69, 9.17) is 0 Å². The maximum atomic E-state index is 13.1. The van der Waals surface area contributed by atoms with E-state index >= 15 is 0 Å². The molecule has 1 aromatic rings. The van der Waals surface area contributed by atoms with Crippen molar-refractivity contribution in [1.82, 2.24) is 5.32 Å². The number of hydrogen-bond acceptors (Lipinski definition) is 2. The number of carbonyl (C=O) groups is 2. The molecule has 0 aliphatic heterocycles. The first kappa shape index (κ1) is 14.6. The number of amides is 1. The lowest BCUT2D eigenvalue weighted by Gasteiger charge is -2.06. The molecule has 0 radical (unpaired) electrons. The number of ketones is 1. The highest BCUT2D eigenvalue weighted by Crippen LogP contribution is 2.47. The van der Waals surface area contributed by atoms with Crippen LogP contribution >= 0.6 is 0 Å². The minimum Gasteiger partial charge on any atom is -0.349 e. The third kappa shape index (κ3) is 3.21. The highest BCUT2D eigenvalue weighted by atomic mass is 19.2. The van der Waals surface area contributed by atoms with Gasteiger partial charge in [-0.1, -0.05) is 19.9 Å². The Balaban J connectivity index is 1.89. The van der Waals surface area contributed by atoms with Gasteiger partial charge in [0.2, 0.25) is 5.91 Å². The molecule has 0 aromatic heterocycles. The molecule has 1 N–H and O–H groups in total. The van der Waals surface area contributed by atoms with Crippen molar-refractivity contribution in [2.45, 2.75) is 26.2 Å². The van der Waals surface area contributed by atoms with Crippen LogP contribution in [0.5, 0.6) is 0 Å². The predicted octanol–water partition coefficient (Wildman–Crippen LogP) is 2.41. The van der Waals surface area contributed by atoms with Crippen LogP contribution in [-0.2, 0) is 9.59 Å². The highest BCUT2D eigenvalue weighted by molar-refractivity contribution is 5.89. The minimum absolute atomic E-state index is 0.0247. The number of rotatable bonds is 5. The lowest BCUT2D eigenvalue weighted by Crippen LogP contribution is -2.32. The van der Waals surface area contributed by atoms with Gasteiger partial charge in [0.05, 0.1) is 6.54 Å². The van der Waals surface area contributed by atoms with E-state index in [1.807, 2.05) is 0 Å². The maximum Gasteiger partial charge on any atom is 0.224 e. The summed E-state index contributed by atoms with van der Waals surface area (Å²) in [4.78, 5) is 23.3. The molecule has 0 heterocycles. The average molecular weight is 281 g/mol. The van der Waals surface area contributed by atoms with Crippen molar-refractivity contribution in [2.75, 3.05) is 6.54 Å². The summed E-state index contributed by atoms with van der Waals surface area (Å²) >= 11 is 0. The topological polar surface area (TPSA) is 46.2 Å². The minimum atomic E-state index is -0.899. The fourth-order valence-electron chi connectivity index (χ4n) is 2.11. The van der Waals surface area contributed by atoms with Gasteiger partial charge in [-0.05, 0) is 30.0 Å². The normalized spacial score (nSPS) is 20.9. The van der Waals surface area contributed by atoms with Crippen molar-refractivity contribution < 1.29 is 18.4 Å². The second-order valence-electron chi connectivity index (χ2n) is 5.46. The Labute approximate surface area is 116 Å². The van der Waals surface area contributed by atoms with Crippen LogP contribution in [0.4, 0.5) is 8.78 Å². The lowest BCUT2D eigenvalue weighted by molar-refractivity contribution is -0.127. The molecular formula is C15H17F2NO2. The summed E-state index contributed by atoms with van der Waals surface area (Å²) in [5.74, 6) is -2.46. The predicted molar refractivity (Wildman–Crippen MR) is 70.1 cm³/mol. The molecule has 0 spiro atoms. The molecule has 1 saturated carbocycles. The molecule has 0 unspecified atom stereocenters. The Kier molecular flexibility index (Phi) is 4.16. The Morgan fingerprint density at radius 3 is 2.60 bits per heavy atom. The van der Waals surface area contributed by atoms with Crippen molar-refractivity contribution in [3.8, 4) is 0 Å². The van der Waals surface area contributed by atoms with Crippen molar-refractivity contribution in [2.24, 2.45) is 11.8 Å². The summed E-state index contributed by atoms with van der Waals surface area (Å²) in [6, 6.07) is 3.70. The van der Waals surface area contributed by atoms with Crippen LogP contribution in [0.1, 0.15) is 31.7 Å². The molecular weight excluding hydrogens is 264 g/mol. The summed E-state index contributed by atoms with van der Waals surface area (Å²) in [6.07, 6.45) is 0.604. The van der Waals surface area contributed by atoms with Crippen LogP contribution in [-0.4, -0.2) is 18.2 Å². The van der Waals surface area contributed by atoms with Gasteiger partial charge in [-0.25, -0.2) is 8.78 Å². The van der Waals surface area contributed by atoms with Crippen LogP contribution in [0.3, 0.4) is 0 Å². The van der Waals surface area contributed by atoms with Crippen molar-refractivity contribution in [1.29, 1.82) is 0 Å². The van der Waals surface area contributed by atoms with E-state index in [1.165, 1.54) is 6.07 Å². The van der Waals surface area contributed by atoms with E-state index < -0.39 is 11.6 Å². The van der Waals surface area contributed by atoms with Gasteiger partial charge in [0.1, 0.15) is 0 Å². The maximum absolute atomic E-state index is 13.1. The van der Waals surface area contributed by atoms with Crippen LogP contribution in [0.25, 0.3) is 0 Å². The molecule has 1 amide bonds. The van der Waals surface area contributed by atoms with Gasteiger partial charge in [0, 0.05) is 11.8 Å². The fraction of sp³-hybridized carbons (Fsp3) is 0.467. The van der Waals surface area contributed by atoms with Crippen LogP contribution in [0.15, 0.2) is 18.2 Å². The summed E-state index contributed by atoms with van der Waals surface area (Å²) < 4.78 is 25.9. The van der Waals surface area contributed by atoms with Gasteiger partial charge in [-0.2, -0.15) is 0 Å². The number of carbonyl (C=O) groups excluding carboxylic acids is 2. The Bertz CT molecular complexity index is 543. The third-order valence-electron chi connectivity index (χ3n) is 3.58. The van der Waals surface area contributed by atoms with Gasteiger partial charge < -0.3 is 5.32 Å². The molecule has 1 aliphatic rings. The van der Waals surface area contributed by atoms with Crippen LogP contribution in [0, 0.1) is 23.5 Å². The monoisotopic (exact) mass is 281 g/mol. The molecule has 1 aromatic carbocycles. The molecule has 0 bridgehead atoms.